The van der Waals surface area contributed by atoms with Gasteiger partial charge >= 0.3 is 0 Å². The molecule has 4 nitrogen and oxygen atoms in total. The van der Waals surface area contributed by atoms with Gasteiger partial charge in [0.05, 0.1) is 5.54 Å². The highest BCUT2D eigenvalue weighted by molar-refractivity contribution is 6.22. The number of aromatic amines is 1. The standard InChI is InChI=1S/C10H12Cl2N2O2/c1-10(5-11,6-12)14-9(16)7-3-2-4-8(15)13-7/h2-4H,5-6H2,1H3,(H,13,15)(H,14,16). The van der Waals surface area contributed by atoms with Crippen molar-refractivity contribution in [3.8, 4) is 0 Å². The Morgan fingerprint density at radius 3 is 2.56 bits per heavy atom. The van der Waals surface area contributed by atoms with Crippen LogP contribution in [0.1, 0.15) is 17.4 Å². The number of carbonyl (C=O) groups is 1. The molecule has 16 heavy (non-hydrogen) atoms. The summed E-state index contributed by atoms with van der Waals surface area (Å²) in [5.74, 6) is -0.0139. The van der Waals surface area contributed by atoms with E-state index in [2.05, 4.69) is 10.3 Å². The Bertz CT molecular complexity index is 427. The quantitative estimate of drug-likeness (QED) is 0.805. The summed E-state index contributed by atoms with van der Waals surface area (Å²) in [6, 6.07) is 4.35. The lowest BCUT2D eigenvalue weighted by Crippen LogP contribution is -2.49. The molecule has 88 valence electrons. The van der Waals surface area contributed by atoms with E-state index in [1.807, 2.05) is 0 Å². The minimum atomic E-state index is -0.688. The third kappa shape index (κ3) is 3.25. The SMILES string of the molecule is CC(CCl)(CCl)NC(=O)c1cccc(=O)[nH]1. The molecule has 2 N–H and O–H groups in total. The van der Waals surface area contributed by atoms with Gasteiger partial charge in [-0.2, -0.15) is 0 Å². The predicted molar refractivity (Wildman–Crippen MR) is 64.4 cm³/mol. The summed E-state index contributed by atoms with van der Waals surface area (Å²) >= 11 is 11.4. The molecule has 0 aliphatic carbocycles. The molecule has 1 aromatic heterocycles. The number of hydrogen-bond acceptors (Lipinski definition) is 2. The molecule has 0 aromatic carbocycles. The van der Waals surface area contributed by atoms with Crippen molar-refractivity contribution in [3.05, 3.63) is 34.2 Å². The molecule has 0 bridgehead atoms. The molecule has 0 spiro atoms. The van der Waals surface area contributed by atoms with Crippen molar-refractivity contribution in [2.75, 3.05) is 11.8 Å². The zero-order chi connectivity index (χ0) is 12.2. The first-order valence-electron chi connectivity index (χ1n) is 4.64. The van der Waals surface area contributed by atoms with E-state index < -0.39 is 11.4 Å². The van der Waals surface area contributed by atoms with E-state index in [4.69, 9.17) is 23.2 Å². The maximum Gasteiger partial charge on any atom is 0.268 e. The molecule has 1 heterocycles. The zero-order valence-electron chi connectivity index (χ0n) is 8.72. The summed E-state index contributed by atoms with van der Waals surface area (Å²) in [5.41, 5.74) is -0.826. The number of rotatable bonds is 4. The number of halogens is 2. The smallest absolute Gasteiger partial charge is 0.268 e. The second kappa shape index (κ2) is 5.37. The van der Waals surface area contributed by atoms with Crippen molar-refractivity contribution in [2.24, 2.45) is 0 Å². The fraction of sp³-hybridized carbons (Fsp3) is 0.400. The van der Waals surface area contributed by atoms with Gasteiger partial charge in [0.25, 0.3) is 5.91 Å². The van der Waals surface area contributed by atoms with Crippen molar-refractivity contribution in [2.45, 2.75) is 12.5 Å². The van der Waals surface area contributed by atoms with E-state index in [-0.39, 0.29) is 23.0 Å². The molecular formula is C10H12Cl2N2O2. The summed E-state index contributed by atoms with van der Waals surface area (Å²) < 4.78 is 0. The van der Waals surface area contributed by atoms with Gasteiger partial charge in [-0.05, 0) is 13.0 Å². The average Bonchev–Trinajstić information content (AvgIpc) is 2.29. The fourth-order valence-electron chi connectivity index (χ4n) is 1.02. The van der Waals surface area contributed by atoms with Gasteiger partial charge in [-0.1, -0.05) is 6.07 Å². The second-order valence-corrected chi connectivity index (χ2v) is 4.25. The summed E-state index contributed by atoms with van der Waals surface area (Å²) in [6.07, 6.45) is 0. The van der Waals surface area contributed by atoms with Crippen LogP contribution in [0.15, 0.2) is 23.0 Å². The number of carbonyl (C=O) groups excluding carboxylic acids is 1. The minimum Gasteiger partial charge on any atom is -0.343 e. The molecule has 0 atom stereocenters. The van der Waals surface area contributed by atoms with E-state index >= 15 is 0 Å². The first kappa shape index (κ1) is 13.1. The summed E-state index contributed by atoms with van der Waals surface area (Å²) in [7, 11) is 0. The number of alkyl halides is 2. The van der Waals surface area contributed by atoms with Gasteiger partial charge in [0.1, 0.15) is 5.69 Å². The van der Waals surface area contributed by atoms with Crippen LogP contribution >= 0.6 is 23.2 Å². The van der Waals surface area contributed by atoms with Gasteiger partial charge in [-0.25, -0.2) is 0 Å². The lowest BCUT2D eigenvalue weighted by atomic mass is 10.1. The highest BCUT2D eigenvalue weighted by atomic mass is 35.5. The van der Waals surface area contributed by atoms with Crippen LogP contribution in [-0.2, 0) is 0 Å². The molecule has 0 aliphatic heterocycles. The third-order valence-corrected chi connectivity index (χ3v) is 3.20. The van der Waals surface area contributed by atoms with Gasteiger partial charge < -0.3 is 10.3 Å². The van der Waals surface area contributed by atoms with Gasteiger partial charge in [0.2, 0.25) is 5.56 Å². The van der Waals surface area contributed by atoms with E-state index in [0.29, 0.717) is 0 Å². The maximum atomic E-state index is 11.7. The maximum absolute atomic E-state index is 11.7. The normalized spacial score (nSPS) is 11.2. The molecular weight excluding hydrogens is 251 g/mol. The van der Waals surface area contributed by atoms with Crippen molar-refractivity contribution in [3.63, 3.8) is 0 Å². The zero-order valence-corrected chi connectivity index (χ0v) is 10.2. The van der Waals surface area contributed by atoms with Crippen LogP contribution in [0.3, 0.4) is 0 Å². The van der Waals surface area contributed by atoms with E-state index in [1.54, 1.807) is 6.92 Å². The summed E-state index contributed by atoms with van der Waals surface area (Å²) in [6.45, 7) is 1.73. The van der Waals surface area contributed by atoms with Crippen molar-refractivity contribution >= 4 is 29.1 Å². The van der Waals surface area contributed by atoms with Gasteiger partial charge in [-0.3, -0.25) is 9.59 Å². The molecule has 0 saturated carbocycles. The summed E-state index contributed by atoms with van der Waals surface area (Å²) in [4.78, 5) is 25.2. The molecule has 0 radical (unpaired) electrons. The van der Waals surface area contributed by atoms with E-state index in [9.17, 15) is 9.59 Å². The summed E-state index contributed by atoms with van der Waals surface area (Å²) in [5, 5.41) is 2.66. The van der Waals surface area contributed by atoms with Gasteiger partial charge in [-0.15, -0.1) is 23.2 Å². The van der Waals surface area contributed by atoms with Crippen LogP contribution in [-0.4, -0.2) is 28.2 Å². The van der Waals surface area contributed by atoms with Crippen molar-refractivity contribution in [1.29, 1.82) is 0 Å². The molecule has 0 saturated heterocycles. The van der Waals surface area contributed by atoms with Crippen LogP contribution in [0, 0.1) is 0 Å². The molecule has 0 unspecified atom stereocenters. The van der Waals surface area contributed by atoms with Crippen molar-refractivity contribution < 1.29 is 4.79 Å². The largest absolute Gasteiger partial charge is 0.343 e. The Kier molecular flexibility index (Phi) is 4.38. The Morgan fingerprint density at radius 2 is 2.06 bits per heavy atom. The van der Waals surface area contributed by atoms with E-state index in [1.165, 1.54) is 18.2 Å². The monoisotopic (exact) mass is 262 g/mol. The van der Waals surface area contributed by atoms with Crippen LogP contribution < -0.4 is 10.9 Å². The average molecular weight is 263 g/mol. The van der Waals surface area contributed by atoms with E-state index in [0.717, 1.165) is 0 Å². The molecule has 0 fully saturated rings. The Morgan fingerprint density at radius 1 is 1.44 bits per heavy atom. The topological polar surface area (TPSA) is 62.0 Å². The third-order valence-electron chi connectivity index (χ3n) is 2.02. The van der Waals surface area contributed by atoms with Crippen molar-refractivity contribution in [1.82, 2.24) is 10.3 Å². The molecule has 1 rings (SSSR count). The van der Waals surface area contributed by atoms with Crippen LogP contribution in [0.5, 0.6) is 0 Å². The van der Waals surface area contributed by atoms with Crippen LogP contribution in [0.4, 0.5) is 0 Å². The minimum absolute atomic E-state index is 0.189. The first-order chi connectivity index (χ1) is 7.50. The lowest BCUT2D eigenvalue weighted by Gasteiger charge is -2.25. The van der Waals surface area contributed by atoms with Gasteiger partial charge in [0.15, 0.2) is 0 Å². The Hall–Kier alpha value is -1.00. The Balaban J connectivity index is 2.84. The fourth-order valence-corrected chi connectivity index (χ4v) is 1.44. The number of pyridine rings is 1. The molecule has 1 amide bonds. The molecule has 0 aliphatic rings. The number of amides is 1. The highest BCUT2D eigenvalue weighted by Crippen LogP contribution is 2.09. The van der Waals surface area contributed by atoms with Crippen LogP contribution in [0.25, 0.3) is 0 Å². The number of H-pyrrole nitrogens is 1. The van der Waals surface area contributed by atoms with Crippen LogP contribution in [0.2, 0.25) is 0 Å². The number of aromatic nitrogens is 1. The predicted octanol–water partition coefficient (Wildman–Crippen LogP) is 1.34. The molecule has 6 heteroatoms. The van der Waals surface area contributed by atoms with Gasteiger partial charge in [0, 0.05) is 17.8 Å². The second-order valence-electron chi connectivity index (χ2n) is 3.71. The number of nitrogens with one attached hydrogen (secondary N) is 2. The number of hydrogen-bond donors (Lipinski definition) is 2. The highest BCUT2D eigenvalue weighted by Gasteiger charge is 2.25. The Labute approximate surface area is 103 Å². The lowest BCUT2D eigenvalue weighted by molar-refractivity contribution is 0.0916. The molecule has 1 aromatic rings. The first-order valence-corrected chi connectivity index (χ1v) is 5.71.